The maximum atomic E-state index is 13.4. The molecule has 5 nitrogen and oxygen atoms in total. The van der Waals surface area contributed by atoms with Crippen molar-refractivity contribution in [1.29, 1.82) is 0 Å². The van der Waals surface area contributed by atoms with Crippen LogP contribution in [0.1, 0.15) is 16.7 Å². The van der Waals surface area contributed by atoms with Gasteiger partial charge in [0.05, 0.1) is 6.54 Å². The lowest BCUT2D eigenvalue weighted by molar-refractivity contribution is -0.137. The summed E-state index contributed by atoms with van der Waals surface area (Å²) in [6.07, 6.45) is -0.621. The smallest absolute Gasteiger partial charge is 0.418 e. The van der Waals surface area contributed by atoms with E-state index >= 15 is 0 Å². The van der Waals surface area contributed by atoms with E-state index in [1.54, 1.807) is 0 Å². The summed E-state index contributed by atoms with van der Waals surface area (Å²) in [4.78, 5) is 27.3. The summed E-state index contributed by atoms with van der Waals surface area (Å²) in [5.41, 5.74) is 1.25. The predicted octanol–water partition coefficient (Wildman–Crippen LogP) is 3.85. The minimum atomic E-state index is -1.37. The molecule has 3 aromatic carbocycles. The molecule has 146 valence electrons. The topological polar surface area (TPSA) is 58.6 Å². The first-order valence-corrected chi connectivity index (χ1v) is 9.58. The van der Waals surface area contributed by atoms with E-state index in [0.717, 1.165) is 11.1 Å². The fourth-order valence-electron chi connectivity index (χ4n) is 3.53. The van der Waals surface area contributed by atoms with Crippen LogP contribution < -0.4 is 5.32 Å². The van der Waals surface area contributed by atoms with Crippen LogP contribution in [0.3, 0.4) is 0 Å². The van der Waals surface area contributed by atoms with Crippen molar-refractivity contribution >= 4 is 12.0 Å². The van der Waals surface area contributed by atoms with Gasteiger partial charge >= 0.3 is 6.09 Å². The number of amides is 2. The largest absolute Gasteiger partial charge is 0.426 e. The van der Waals surface area contributed by atoms with Crippen molar-refractivity contribution in [3.63, 3.8) is 0 Å². The van der Waals surface area contributed by atoms with Crippen LogP contribution in [0.15, 0.2) is 91.0 Å². The lowest BCUT2D eigenvalue weighted by Gasteiger charge is -2.26. The zero-order chi connectivity index (χ0) is 20.1. The van der Waals surface area contributed by atoms with Gasteiger partial charge in [0.1, 0.15) is 0 Å². The third-order valence-electron chi connectivity index (χ3n) is 5.04. The van der Waals surface area contributed by atoms with Crippen LogP contribution in [0.5, 0.6) is 0 Å². The molecule has 1 aliphatic rings. The number of nitrogens with one attached hydrogen (secondary N) is 1. The molecule has 2 amide bonds. The fourth-order valence-corrected chi connectivity index (χ4v) is 3.53. The Bertz CT molecular complexity index is 977. The van der Waals surface area contributed by atoms with Crippen LogP contribution >= 0.6 is 0 Å². The second kappa shape index (κ2) is 8.29. The number of nitrogens with zero attached hydrogens (tertiary/aromatic N) is 1. The first-order chi connectivity index (χ1) is 14.2. The summed E-state index contributed by atoms with van der Waals surface area (Å²) in [5, 5.41) is 3.29. The van der Waals surface area contributed by atoms with Crippen molar-refractivity contribution in [1.82, 2.24) is 10.2 Å². The molecule has 0 radical (unpaired) electrons. The SMILES string of the molecule is O=C1O[C@@](CNCc2ccccc2)(c2ccccc2)C(=O)N1Cc1ccccc1. The molecule has 1 N–H and O–H groups in total. The summed E-state index contributed by atoms with van der Waals surface area (Å²) in [6, 6.07) is 28.5. The number of imide groups is 1. The molecule has 1 aliphatic heterocycles. The molecule has 5 heteroatoms. The number of benzene rings is 3. The zero-order valence-corrected chi connectivity index (χ0v) is 16.0. The molecule has 3 aromatic rings. The predicted molar refractivity (Wildman–Crippen MR) is 110 cm³/mol. The molecule has 1 saturated heterocycles. The second-order valence-corrected chi connectivity index (χ2v) is 7.03. The summed E-state index contributed by atoms with van der Waals surface area (Å²) in [5.74, 6) is -0.349. The van der Waals surface area contributed by atoms with Crippen molar-refractivity contribution in [3.8, 4) is 0 Å². The molecule has 1 heterocycles. The second-order valence-electron chi connectivity index (χ2n) is 7.03. The highest BCUT2D eigenvalue weighted by atomic mass is 16.6. The third kappa shape index (κ3) is 3.91. The number of carbonyl (C=O) groups is 2. The Morgan fingerprint density at radius 1 is 0.759 bits per heavy atom. The molecule has 29 heavy (non-hydrogen) atoms. The fraction of sp³-hybridized carbons (Fsp3) is 0.167. The summed E-state index contributed by atoms with van der Waals surface area (Å²) in [7, 11) is 0. The standard InChI is InChI=1S/C24H22N2O3/c27-22-24(21-14-8-3-9-15-21,18-25-16-19-10-4-1-5-11-19)29-23(28)26(22)17-20-12-6-2-7-13-20/h1-15,25H,16-18H2/t24-/m0/s1. The maximum absolute atomic E-state index is 13.4. The average molecular weight is 386 g/mol. The van der Waals surface area contributed by atoms with Crippen molar-refractivity contribution < 1.29 is 14.3 Å². The van der Waals surface area contributed by atoms with Crippen molar-refractivity contribution in [3.05, 3.63) is 108 Å². The molecule has 0 aliphatic carbocycles. The minimum absolute atomic E-state index is 0.186. The van der Waals surface area contributed by atoms with Gasteiger partial charge in [-0.1, -0.05) is 91.0 Å². The molecular formula is C24H22N2O3. The quantitative estimate of drug-likeness (QED) is 0.670. The van der Waals surface area contributed by atoms with Gasteiger partial charge in [-0.3, -0.25) is 4.79 Å². The summed E-state index contributed by atoms with van der Waals surface area (Å²) >= 11 is 0. The Hall–Kier alpha value is -3.44. The van der Waals surface area contributed by atoms with Gasteiger partial charge in [0, 0.05) is 18.7 Å². The highest BCUT2D eigenvalue weighted by Crippen LogP contribution is 2.35. The highest BCUT2D eigenvalue weighted by Gasteiger charge is 2.54. The molecule has 0 unspecified atom stereocenters. The molecule has 0 aromatic heterocycles. The number of hydrogen-bond acceptors (Lipinski definition) is 4. The van der Waals surface area contributed by atoms with E-state index in [1.165, 1.54) is 4.90 Å². The molecule has 1 atom stereocenters. The Balaban J connectivity index is 1.59. The van der Waals surface area contributed by atoms with E-state index in [0.29, 0.717) is 12.1 Å². The number of cyclic esters (lactones) is 1. The summed E-state index contributed by atoms with van der Waals surface area (Å²) in [6.45, 7) is 0.951. The van der Waals surface area contributed by atoms with E-state index in [1.807, 2.05) is 91.0 Å². The minimum Gasteiger partial charge on any atom is -0.426 e. The van der Waals surface area contributed by atoms with Crippen LogP contribution in [-0.2, 0) is 28.2 Å². The van der Waals surface area contributed by atoms with E-state index in [9.17, 15) is 9.59 Å². The van der Waals surface area contributed by atoms with Crippen molar-refractivity contribution in [2.45, 2.75) is 18.7 Å². The Labute approximate surface area is 169 Å². The van der Waals surface area contributed by atoms with Crippen LogP contribution in [-0.4, -0.2) is 23.4 Å². The van der Waals surface area contributed by atoms with Gasteiger partial charge in [-0.25, -0.2) is 9.69 Å². The molecule has 4 rings (SSSR count). The number of hydrogen-bond donors (Lipinski definition) is 1. The van der Waals surface area contributed by atoms with E-state index in [-0.39, 0.29) is 19.0 Å². The maximum Gasteiger partial charge on any atom is 0.418 e. The normalized spacial score (nSPS) is 18.7. The first kappa shape index (κ1) is 18.9. The van der Waals surface area contributed by atoms with Gasteiger partial charge in [-0.05, 0) is 11.1 Å². The number of ether oxygens (including phenoxy) is 1. The molecule has 0 spiro atoms. The van der Waals surface area contributed by atoms with Crippen molar-refractivity contribution in [2.75, 3.05) is 6.54 Å². The summed E-state index contributed by atoms with van der Waals surface area (Å²) < 4.78 is 5.75. The Morgan fingerprint density at radius 2 is 1.31 bits per heavy atom. The monoisotopic (exact) mass is 386 g/mol. The van der Waals surface area contributed by atoms with E-state index < -0.39 is 11.7 Å². The van der Waals surface area contributed by atoms with Gasteiger partial charge < -0.3 is 10.1 Å². The van der Waals surface area contributed by atoms with Crippen LogP contribution in [0.2, 0.25) is 0 Å². The van der Waals surface area contributed by atoms with Crippen LogP contribution in [0.25, 0.3) is 0 Å². The number of rotatable bonds is 7. The highest BCUT2D eigenvalue weighted by molar-refractivity contribution is 6.03. The van der Waals surface area contributed by atoms with Gasteiger partial charge in [-0.15, -0.1) is 0 Å². The van der Waals surface area contributed by atoms with E-state index in [4.69, 9.17) is 4.74 Å². The Kier molecular flexibility index (Phi) is 5.40. The van der Waals surface area contributed by atoms with Crippen molar-refractivity contribution in [2.24, 2.45) is 0 Å². The molecule has 0 bridgehead atoms. The first-order valence-electron chi connectivity index (χ1n) is 9.58. The van der Waals surface area contributed by atoms with Crippen LogP contribution in [0.4, 0.5) is 4.79 Å². The van der Waals surface area contributed by atoms with Gasteiger partial charge in [-0.2, -0.15) is 0 Å². The van der Waals surface area contributed by atoms with Gasteiger partial charge in [0.25, 0.3) is 5.91 Å². The van der Waals surface area contributed by atoms with E-state index in [2.05, 4.69) is 5.32 Å². The van der Waals surface area contributed by atoms with Crippen LogP contribution in [0, 0.1) is 0 Å². The lowest BCUT2D eigenvalue weighted by atomic mass is 9.92. The third-order valence-corrected chi connectivity index (χ3v) is 5.04. The molecular weight excluding hydrogens is 364 g/mol. The van der Waals surface area contributed by atoms with Gasteiger partial charge in [0.2, 0.25) is 5.60 Å². The molecule has 0 saturated carbocycles. The average Bonchev–Trinajstić information content (AvgIpc) is 3.01. The Morgan fingerprint density at radius 3 is 1.93 bits per heavy atom. The van der Waals surface area contributed by atoms with Gasteiger partial charge in [0.15, 0.2) is 0 Å². The lowest BCUT2D eigenvalue weighted by Crippen LogP contribution is -2.46. The molecule has 1 fully saturated rings. The number of carbonyl (C=O) groups excluding carboxylic acids is 2. The zero-order valence-electron chi connectivity index (χ0n) is 16.0.